The summed E-state index contributed by atoms with van der Waals surface area (Å²) in [5, 5.41) is 0. The molecule has 2 rings (SSSR count). The Bertz CT molecular complexity index is 258. The molecule has 0 bridgehead atoms. The fraction of sp³-hybridized carbons (Fsp3) is 1.00. The molecule has 0 radical (unpaired) electrons. The van der Waals surface area contributed by atoms with Crippen LogP contribution in [0.15, 0.2) is 0 Å². The van der Waals surface area contributed by atoms with E-state index < -0.39 is 0 Å². The largest absolute Gasteiger partial charge is 0.329 e. The molecule has 1 aliphatic carbocycles. The molecule has 2 N–H and O–H groups in total. The van der Waals surface area contributed by atoms with Crippen molar-refractivity contribution in [2.24, 2.45) is 11.7 Å². The Hall–Kier alpha value is -0.0800. The maximum atomic E-state index is 6.31. The second-order valence-electron chi connectivity index (χ2n) is 7.27. The summed E-state index contributed by atoms with van der Waals surface area (Å²) in [7, 11) is 0. The van der Waals surface area contributed by atoms with Crippen molar-refractivity contribution < 1.29 is 0 Å². The molecule has 1 aliphatic heterocycles. The maximum Gasteiger partial charge on any atom is 0.0331 e. The molecule has 2 aliphatic rings. The third-order valence-corrected chi connectivity index (χ3v) is 5.88. The molecule has 0 aromatic heterocycles. The first-order chi connectivity index (χ1) is 9.80. The quantitative estimate of drug-likeness (QED) is 0.777. The number of nitrogens with two attached hydrogens (primary N) is 1. The van der Waals surface area contributed by atoms with E-state index in [0.29, 0.717) is 5.54 Å². The summed E-state index contributed by atoms with van der Waals surface area (Å²) in [5.41, 5.74) is 6.65. The van der Waals surface area contributed by atoms with Gasteiger partial charge in [0.2, 0.25) is 0 Å². The first-order valence-corrected chi connectivity index (χ1v) is 9.26. The van der Waals surface area contributed by atoms with Crippen molar-refractivity contribution in [1.82, 2.24) is 4.90 Å². The van der Waals surface area contributed by atoms with Gasteiger partial charge in [0.1, 0.15) is 0 Å². The lowest BCUT2D eigenvalue weighted by atomic mass is 9.86. The van der Waals surface area contributed by atoms with E-state index >= 15 is 0 Å². The van der Waals surface area contributed by atoms with Crippen molar-refractivity contribution in [1.29, 1.82) is 0 Å². The third-order valence-electron chi connectivity index (χ3n) is 5.88. The van der Waals surface area contributed by atoms with Gasteiger partial charge in [-0.25, -0.2) is 0 Å². The highest BCUT2D eigenvalue weighted by molar-refractivity contribution is 4.94. The van der Waals surface area contributed by atoms with E-state index in [1.54, 1.807) is 0 Å². The minimum Gasteiger partial charge on any atom is -0.329 e. The Kier molecular flexibility index (Phi) is 6.83. The standard InChI is InChI=1S/C18H36N2/c1-2-9-17-10-8-12-18(16-19,13-11-17)20-14-6-4-3-5-7-15-20/h17H,2-16,19H2,1H3. The van der Waals surface area contributed by atoms with Crippen LogP contribution in [0.3, 0.4) is 0 Å². The van der Waals surface area contributed by atoms with Gasteiger partial charge in [0.05, 0.1) is 0 Å². The lowest BCUT2D eigenvalue weighted by Crippen LogP contribution is -2.54. The fourth-order valence-corrected chi connectivity index (χ4v) is 4.53. The minimum absolute atomic E-state index is 0.347. The second kappa shape index (κ2) is 8.38. The molecule has 118 valence electrons. The zero-order valence-corrected chi connectivity index (χ0v) is 13.7. The van der Waals surface area contributed by atoms with Crippen molar-refractivity contribution >= 4 is 0 Å². The van der Waals surface area contributed by atoms with Gasteiger partial charge in [0.25, 0.3) is 0 Å². The molecule has 2 fully saturated rings. The molecule has 0 amide bonds. The Morgan fingerprint density at radius 2 is 1.65 bits per heavy atom. The first kappa shape index (κ1) is 16.3. The second-order valence-corrected chi connectivity index (χ2v) is 7.27. The first-order valence-electron chi connectivity index (χ1n) is 9.26. The number of hydrogen-bond donors (Lipinski definition) is 1. The van der Waals surface area contributed by atoms with E-state index in [0.717, 1.165) is 12.5 Å². The van der Waals surface area contributed by atoms with Crippen LogP contribution in [0.2, 0.25) is 0 Å². The number of nitrogens with zero attached hydrogens (tertiary/aromatic N) is 1. The number of likely N-dealkylation sites (tertiary alicyclic amines) is 1. The number of rotatable bonds is 4. The molecule has 0 aromatic carbocycles. The third kappa shape index (κ3) is 4.21. The van der Waals surface area contributed by atoms with Gasteiger partial charge in [-0.1, -0.05) is 51.9 Å². The highest BCUT2D eigenvalue weighted by Gasteiger charge is 2.36. The van der Waals surface area contributed by atoms with E-state index in [-0.39, 0.29) is 0 Å². The van der Waals surface area contributed by atoms with Gasteiger partial charge in [-0.3, -0.25) is 4.90 Å². The van der Waals surface area contributed by atoms with Gasteiger partial charge >= 0.3 is 0 Å². The van der Waals surface area contributed by atoms with E-state index in [4.69, 9.17) is 5.73 Å². The van der Waals surface area contributed by atoms with E-state index in [9.17, 15) is 0 Å². The maximum absolute atomic E-state index is 6.31. The fourth-order valence-electron chi connectivity index (χ4n) is 4.53. The van der Waals surface area contributed by atoms with E-state index in [2.05, 4.69) is 11.8 Å². The number of hydrogen-bond acceptors (Lipinski definition) is 2. The lowest BCUT2D eigenvalue weighted by Gasteiger charge is -2.44. The van der Waals surface area contributed by atoms with Crippen LogP contribution in [-0.2, 0) is 0 Å². The molecule has 1 saturated carbocycles. The van der Waals surface area contributed by atoms with E-state index in [1.165, 1.54) is 90.1 Å². The molecular weight excluding hydrogens is 244 g/mol. The molecule has 2 unspecified atom stereocenters. The van der Waals surface area contributed by atoms with Crippen molar-refractivity contribution in [2.45, 2.75) is 89.5 Å². The topological polar surface area (TPSA) is 29.3 Å². The smallest absolute Gasteiger partial charge is 0.0331 e. The highest BCUT2D eigenvalue weighted by atomic mass is 15.2. The molecule has 0 aromatic rings. The van der Waals surface area contributed by atoms with Gasteiger partial charge in [0.15, 0.2) is 0 Å². The van der Waals surface area contributed by atoms with Crippen LogP contribution in [0.1, 0.15) is 84.0 Å². The van der Waals surface area contributed by atoms with Crippen molar-refractivity contribution in [2.75, 3.05) is 19.6 Å². The molecule has 2 heteroatoms. The van der Waals surface area contributed by atoms with E-state index in [1.807, 2.05) is 0 Å². The van der Waals surface area contributed by atoms with Crippen LogP contribution in [0, 0.1) is 5.92 Å². The Labute approximate surface area is 126 Å². The van der Waals surface area contributed by atoms with Crippen molar-refractivity contribution in [3.8, 4) is 0 Å². The average Bonchev–Trinajstić information content (AvgIpc) is 2.62. The molecule has 1 saturated heterocycles. The monoisotopic (exact) mass is 280 g/mol. The van der Waals surface area contributed by atoms with Crippen molar-refractivity contribution in [3.63, 3.8) is 0 Å². The van der Waals surface area contributed by atoms with Gasteiger partial charge in [-0.2, -0.15) is 0 Å². The molecule has 20 heavy (non-hydrogen) atoms. The zero-order valence-electron chi connectivity index (χ0n) is 13.7. The summed E-state index contributed by atoms with van der Waals surface area (Å²) < 4.78 is 0. The lowest BCUT2D eigenvalue weighted by molar-refractivity contribution is 0.0680. The van der Waals surface area contributed by atoms with Crippen LogP contribution in [-0.4, -0.2) is 30.1 Å². The average molecular weight is 280 g/mol. The predicted molar refractivity (Wildman–Crippen MR) is 87.9 cm³/mol. The van der Waals surface area contributed by atoms with Crippen LogP contribution >= 0.6 is 0 Å². The highest BCUT2D eigenvalue weighted by Crippen LogP contribution is 2.36. The molecular formula is C18H36N2. The Balaban J connectivity index is 1.99. The summed E-state index contributed by atoms with van der Waals surface area (Å²) in [6.07, 6.45) is 16.8. The summed E-state index contributed by atoms with van der Waals surface area (Å²) >= 11 is 0. The predicted octanol–water partition coefficient (Wildman–Crippen LogP) is 4.33. The van der Waals surface area contributed by atoms with Crippen molar-refractivity contribution in [3.05, 3.63) is 0 Å². The van der Waals surface area contributed by atoms with Crippen LogP contribution < -0.4 is 5.73 Å². The minimum atomic E-state index is 0.347. The summed E-state index contributed by atoms with van der Waals surface area (Å²) in [5.74, 6) is 0.975. The molecule has 2 atom stereocenters. The molecule has 2 nitrogen and oxygen atoms in total. The van der Waals surface area contributed by atoms with Gasteiger partial charge in [-0.05, 0) is 51.1 Å². The Morgan fingerprint density at radius 3 is 2.30 bits per heavy atom. The van der Waals surface area contributed by atoms with Gasteiger partial charge < -0.3 is 5.73 Å². The summed E-state index contributed by atoms with van der Waals surface area (Å²) in [6.45, 7) is 5.82. The van der Waals surface area contributed by atoms with Gasteiger partial charge in [-0.15, -0.1) is 0 Å². The van der Waals surface area contributed by atoms with Crippen LogP contribution in [0.5, 0.6) is 0 Å². The van der Waals surface area contributed by atoms with Crippen LogP contribution in [0.25, 0.3) is 0 Å². The normalized spacial score (nSPS) is 34.2. The summed E-state index contributed by atoms with van der Waals surface area (Å²) in [4.78, 5) is 2.81. The molecule has 1 heterocycles. The molecule has 0 spiro atoms. The summed E-state index contributed by atoms with van der Waals surface area (Å²) in [6, 6.07) is 0. The van der Waals surface area contributed by atoms with Gasteiger partial charge in [0, 0.05) is 12.1 Å². The van der Waals surface area contributed by atoms with Crippen LogP contribution in [0.4, 0.5) is 0 Å². The SMILES string of the molecule is CCCC1CCCC(CN)(N2CCCCCCC2)CC1. The zero-order chi connectivity index (χ0) is 14.3. The Morgan fingerprint density at radius 1 is 0.950 bits per heavy atom.